The minimum atomic E-state index is 0.513. The van der Waals surface area contributed by atoms with E-state index in [-0.39, 0.29) is 0 Å². The van der Waals surface area contributed by atoms with Gasteiger partial charge in [-0.2, -0.15) is 5.10 Å². The summed E-state index contributed by atoms with van der Waals surface area (Å²) in [4.78, 5) is 2.63. The Morgan fingerprint density at radius 2 is 2.00 bits per heavy atom. The number of rotatable bonds is 2. The molecule has 1 aromatic heterocycles. The summed E-state index contributed by atoms with van der Waals surface area (Å²) in [6.45, 7) is 4.16. The van der Waals surface area contributed by atoms with E-state index in [1.54, 1.807) is 0 Å². The third kappa shape index (κ3) is 2.74. The highest BCUT2D eigenvalue weighted by Gasteiger charge is 2.30. The molecule has 0 N–H and O–H groups in total. The van der Waals surface area contributed by atoms with Crippen molar-refractivity contribution in [3.05, 3.63) is 28.9 Å². The molecule has 4 rings (SSSR count). The van der Waals surface area contributed by atoms with Gasteiger partial charge in [-0.25, -0.2) is 0 Å². The summed E-state index contributed by atoms with van der Waals surface area (Å²) in [7, 11) is 0. The van der Waals surface area contributed by atoms with Crippen molar-refractivity contribution in [2.75, 3.05) is 26.3 Å². The van der Waals surface area contributed by atoms with Gasteiger partial charge in [-0.05, 0) is 37.5 Å². The molecule has 0 radical (unpaired) electrons. The topological polar surface area (TPSA) is 30.3 Å². The summed E-state index contributed by atoms with van der Waals surface area (Å²) in [5.41, 5.74) is 1.09. The zero-order chi connectivity index (χ0) is 14.2. The van der Waals surface area contributed by atoms with Gasteiger partial charge >= 0.3 is 0 Å². The van der Waals surface area contributed by atoms with Crippen LogP contribution in [0.15, 0.2) is 28.9 Å². The van der Waals surface area contributed by atoms with Gasteiger partial charge in [0.05, 0.1) is 11.6 Å². The molecule has 112 valence electrons. The summed E-state index contributed by atoms with van der Waals surface area (Å²) in [5, 5.41) is 5.98. The predicted molar refractivity (Wildman–Crippen MR) is 86.5 cm³/mol. The second kappa shape index (κ2) is 5.71. The molecule has 2 aliphatic rings. The Morgan fingerprint density at radius 3 is 2.86 bits per heavy atom. The van der Waals surface area contributed by atoms with Crippen LogP contribution >= 0.6 is 15.9 Å². The van der Waals surface area contributed by atoms with Crippen LogP contribution in [0, 0.1) is 0 Å². The van der Waals surface area contributed by atoms with Crippen molar-refractivity contribution >= 4 is 26.8 Å². The molecule has 0 saturated carbocycles. The first-order valence-corrected chi connectivity index (χ1v) is 8.55. The lowest BCUT2D eigenvalue weighted by atomic mass is 10.1. The van der Waals surface area contributed by atoms with Gasteiger partial charge in [-0.15, -0.1) is 0 Å². The first-order valence-electron chi connectivity index (χ1n) is 7.76. The average molecular weight is 350 g/mol. The van der Waals surface area contributed by atoms with Gasteiger partial charge in [0, 0.05) is 48.4 Å². The molecular formula is C16H20BrN3O. The Labute approximate surface area is 133 Å². The maximum Gasteiger partial charge on any atom is 0.0924 e. The molecule has 0 spiro atoms. The normalized spacial score (nSPS) is 24.9. The fourth-order valence-corrected chi connectivity index (χ4v) is 3.95. The second-order valence-corrected chi connectivity index (χ2v) is 7.01. The molecule has 0 amide bonds. The number of nitrogens with zero attached hydrogens (tertiary/aromatic N) is 3. The smallest absolute Gasteiger partial charge is 0.0924 e. The Kier molecular flexibility index (Phi) is 3.73. The number of likely N-dealkylation sites (tertiary alicyclic amines) is 1. The molecule has 0 bridgehead atoms. The van der Waals surface area contributed by atoms with E-state index >= 15 is 0 Å². The Hall–Kier alpha value is -0.910. The van der Waals surface area contributed by atoms with E-state index in [1.807, 2.05) is 0 Å². The predicted octanol–water partition coefficient (Wildman–Crippen LogP) is 3.22. The molecule has 4 nitrogen and oxygen atoms in total. The molecule has 0 aliphatic carbocycles. The van der Waals surface area contributed by atoms with Crippen LogP contribution in [-0.4, -0.2) is 47.0 Å². The summed E-state index contributed by atoms with van der Waals surface area (Å²) < 4.78 is 8.77. The van der Waals surface area contributed by atoms with Crippen LogP contribution in [0.1, 0.15) is 25.3 Å². The van der Waals surface area contributed by atoms with E-state index in [1.165, 1.54) is 31.2 Å². The molecule has 5 heteroatoms. The van der Waals surface area contributed by atoms with E-state index in [2.05, 4.69) is 49.9 Å². The third-order valence-electron chi connectivity index (χ3n) is 4.76. The van der Waals surface area contributed by atoms with Gasteiger partial charge in [0.25, 0.3) is 0 Å². The van der Waals surface area contributed by atoms with Gasteiger partial charge < -0.3 is 4.74 Å². The lowest BCUT2D eigenvalue weighted by Crippen LogP contribution is -2.38. The van der Waals surface area contributed by atoms with Crippen molar-refractivity contribution in [1.29, 1.82) is 0 Å². The first-order chi connectivity index (χ1) is 10.3. The lowest BCUT2D eigenvalue weighted by Gasteiger charge is -2.30. The molecule has 21 heavy (non-hydrogen) atoms. The monoisotopic (exact) mass is 349 g/mol. The number of ether oxygens (including phenoxy) is 1. The maximum absolute atomic E-state index is 5.47. The number of benzene rings is 1. The second-order valence-electron chi connectivity index (χ2n) is 6.09. The summed E-state index contributed by atoms with van der Waals surface area (Å²) in [6.07, 6.45) is 5.76. The third-order valence-corrected chi connectivity index (χ3v) is 5.25. The number of hydrogen-bond donors (Lipinski definition) is 0. The first kappa shape index (κ1) is 13.7. The van der Waals surface area contributed by atoms with Gasteiger partial charge in [0.1, 0.15) is 0 Å². The van der Waals surface area contributed by atoms with Gasteiger partial charge in [-0.1, -0.05) is 15.9 Å². The zero-order valence-corrected chi connectivity index (χ0v) is 13.6. The van der Waals surface area contributed by atoms with Crippen LogP contribution in [0.2, 0.25) is 0 Å². The van der Waals surface area contributed by atoms with E-state index in [0.29, 0.717) is 12.1 Å². The average Bonchev–Trinajstić information content (AvgIpc) is 3.14. The van der Waals surface area contributed by atoms with Crippen molar-refractivity contribution in [2.45, 2.75) is 31.3 Å². The van der Waals surface area contributed by atoms with Crippen LogP contribution in [0.3, 0.4) is 0 Å². The van der Waals surface area contributed by atoms with Crippen molar-refractivity contribution in [3.63, 3.8) is 0 Å². The fourth-order valence-electron chi connectivity index (χ4n) is 3.57. The van der Waals surface area contributed by atoms with E-state index < -0.39 is 0 Å². The summed E-state index contributed by atoms with van der Waals surface area (Å²) >= 11 is 3.53. The SMILES string of the molecule is Brc1ccc2nn([C@@H]3CCN(C4CCOCC4)C3)cc2c1. The number of aromatic nitrogens is 2. The maximum atomic E-state index is 5.47. The minimum Gasteiger partial charge on any atom is -0.381 e. The van der Waals surface area contributed by atoms with Crippen LogP contribution in [0.4, 0.5) is 0 Å². The highest BCUT2D eigenvalue weighted by Crippen LogP contribution is 2.28. The largest absolute Gasteiger partial charge is 0.381 e. The lowest BCUT2D eigenvalue weighted by molar-refractivity contribution is 0.0412. The van der Waals surface area contributed by atoms with Crippen LogP contribution in [0.25, 0.3) is 10.9 Å². The Morgan fingerprint density at radius 1 is 1.14 bits per heavy atom. The van der Waals surface area contributed by atoms with Crippen molar-refractivity contribution in [2.24, 2.45) is 0 Å². The fraction of sp³-hybridized carbons (Fsp3) is 0.562. The van der Waals surface area contributed by atoms with Crippen LogP contribution in [0.5, 0.6) is 0 Å². The Balaban J connectivity index is 1.50. The molecule has 1 atom stereocenters. The zero-order valence-electron chi connectivity index (χ0n) is 12.0. The molecule has 1 aromatic carbocycles. The van der Waals surface area contributed by atoms with Gasteiger partial charge in [-0.3, -0.25) is 9.58 Å². The van der Waals surface area contributed by atoms with Gasteiger partial charge in [0.2, 0.25) is 0 Å². The summed E-state index contributed by atoms with van der Waals surface area (Å²) in [5.74, 6) is 0. The van der Waals surface area contributed by atoms with Crippen LogP contribution < -0.4 is 0 Å². The molecule has 2 fully saturated rings. The highest BCUT2D eigenvalue weighted by atomic mass is 79.9. The van der Waals surface area contributed by atoms with Gasteiger partial charge in [0.15, 0.2) is 0 Å². The van der Waals surface area contributed by atoms with E-state index in [0.717, 1.165) is 29.7 Å². The van der Waals surface area contributed by atoms with Crippen molar-refractivity contribution < 1.29 is 4.74 Å². The number of halogens is 1. The highest BCUT2D eigenvalue weighted by molar-refractivity contribution is 9.10. The molecule has 2 aromatic rings. The summed E-state index contributed by atoms with van der Waals surface area (Å²) in [6, 6.07) is 7.51. The van der Waals surface area contributed by atoms with E-state index in [9.17, 15) is 0 Å². The minimum absolute atomic E-state index is 0.513. The van der Waals surface area contributed by atoms with E-state index in [4.69, 9.17) is 9.84 Å². The van der Waals surface area contributed by atoms with Crippen LogP contribution in [-0.2, 0) is 4.74 Å². The molecule has 0 unspecified atom stereocenters. The standard InChI is InChI=1S/C16H20BrN3O/c17-13-1-2-16-12(9-13)10-20(18-16)15-3-6-19(11-15)14-4-7-21-8-5-14/h1-2,9-10,14-15H,3-8,11H2/t15-/m1/s1. The molecule has 2 aliphatic heterocycles. The Bertz CT molecular complexity index is 635. The van der Waals surface area contributed by atoms with Crippen molar-refractivity contribution in [1.82, 2.24) is 14.7 Å². The number of hydrogen-bond acceptors (Lipinski definition) is 3. The number of fused-ring (bicyclic) bond motifs is 1. The molecular weight excluding hydrogens is 330 g/mol. The molecule has 3 heterocycles. The van der Waals surface area contributed by atoms with Crippen molar-refractivity contribution in [3.8, 4) is 0 Å². The molecule has 2 saturated heterocycles. The quantitative estimate of drug-likeness (QED) is 0.833.